The number of nitrogens with zero attached hydrogens (tertiary/aromatic N) is 1. The van der Waals surface area contributed by atoms with Crippen molar-refractivity contribution in [2.45, 2.75) is 26.8 Å². The highest BCUT2D eigenvalue weighted by atomic mass is 16.3. The molecule has 88 valence electrons. The Morgan fingerprint density at radius 3 is 2.40 bits per heavy atom. The lowest BCUT2D eigenvalue weighted by Crippen LogP contribution is -2.40. The Kier molecular flexibility index (Phi) is 6.20. The molecule has 15 heavy (non-hydrogen) atoms. The van der Waals surface area contributed by atoms with Crippen molar-refractivity contribution >= 4 is 5.91 Å². The van der Waals surface area contributed by atoms with Gasteiger partial charge in [-0.1, -0.05) is 13.5 Å². The van der Waals surface area contributed by atoms with Crippen molar-refractivity contribution in [3.05, 3.63) is 12.2 Å². The Balaban J connectivity index is 4.37. The molecule has 0 radical (unpaired) electrons. The molecule has 4 nitrogen and oxygen atoms in total. The third-order valence-electron chi connectivity index (χ3n) is 2.57. The molecule has 3 N–H and O–H groups in total. The van der Waals surface area contributed by atoms with E-state index in [9.17, 15) is 4.79 Å². The highest BCUT2D eigenvalue weighted by molar-refractivity contribution is 5.93. The van der Waals surface area contributed by atoms with Crippen molar-refractivity contribution in [2.24, 2.45) is 11.7 Å². The lowest BCUT2D eigenvalue weighted by atomic mass is 10.0. The second kappa shape index (κ2) is 6.58. The van der Waals surface area contributed by atoms with Crippen molar-refractivity contribution < 1.29 is 9.90 Å². The van der Waals surface area contributed by atoms with E-state index in [0.29, 0.717) is 13.1 Å². The van der Waals surface area contributed by atoms with Gasteiger partial charge in [-0.15, -0.1) is 0 Å². The predicted octanol–water partition coefficient (Wildman–Crippen LogP) is 0.367. The summed E-state index contributed by atoms with van der Waals surface area (Å²) in [7, 11) is 0. The summed E-state index contributed by atoms with van der Waals surface area (Å²) in [5.74, 6) is 0.0490. The van der Waals surface area contributed by atoms with Gasteiger partial charge < -0.3 is 15.7 Å². The Morgan fingerprint density at radius 1 is 1.53 bits per heavy atom. The van der Waals surface area contributed by atoms with Crippen LogP contribution in [0.3, 0.4) is 0 Å². The molecule has 0 aliphatic rings. The maximum Gasteiger partial charge on any atom is 0.251 e. The van der Waals surface area contributed by atoms with Crippen LogP contribution in [0.2, 0.25) is 0 Å². The molecule has 1 amide bonds. The number of carbonyl (C=O) groups is 1. The number of rotatable bonds is 6. The van der Waals surface area contributed by atoms with Crippen LogP contribution >= 0.6 is 0 Å². The molecule has 0 bridgehead atoms. The molecule has 0 fully saturated rings. The Hall–Kier alpha value is -0.870. The maximum atomic E-state index is 11.7. The van der Waals surface area contributed by atoms with Crippen LogP contribution in [-0.2, 0) is 4.79 Å². The first kappa shape index (κ1) is 14.1. The normalized spacial score (nSPS) is 14.5. The minimum absolute atomic E-state index is 0.0502. The molecule has 0 aromatic heterocycles. The largest absolute Gasteiger partial charge is 0.391 e. The summed E-state index contributed by atoms with van der Waals surface area (Å²) < 4.78 is 0. The van der Waals surface area contributed by atoms with E-state index >= 15 is 0 Å². The van der Waals surface area contributed by atoms with Crippen molar-refractivity contribution in [1.29, 1.82) is 0 Å². The number of hydrogen-bond acceptors (Lipinski definition) is 3. The number of carbonyl (C=O) groups excluding carboxylic acids is 1. The highest BCUT2D eigenvalue weighted by Crippen LogP contribution is 2.06. The zero-order valence-corrected chi connectivity index (χ0v) is 9.86. The molecule has 0 saturated heterocycles. The third kappa shape index (κ3) is 4.44. The molecule has 4 heteroatoms. The minimum Gasteiger partial charge on any atom is -0.391 e. The van der Waals surface area contributed by atoms with Gasteiger partial charge in [0.1, 0.15) is 0 Å². The molecule has 0 aromatic carbocycles. The van der Waals surface area contributed by atoms with Crippen LogP contribution in [0.4, 0.5) is 0 Å². The van der Waals surface area contributed by atoms with Gasteiger partial charge in [-0.05, 0) is 19.8 Å². The van der Waals surface area contributed by atoms with E-state index in [0.717, 1.165) is 0 Å². The van der Waals surface area contributed by atoms with Crippen molar-refractivity contribution in [2.75, 3.05) is 19.7 Å². The number of amides is 1. The van der Waals surface area contributed by atoms with E-state index in [1.165, 1.54) is 0 Å². The summed E-state index contributed by atoms with van der Waals surface area (Å²) in [4.78, 5) is 13.3. The average molecular weight is 214 g/mol. The number of hydrogen-bond donors (Lipinski definition) is 2. The Labute approximate surface area is 91.8 Å². The molecule has 0 heterocycles. The highest BCUT2D eigenvalue weighted by Gasteiger charge is 2.18. The van der Waals surface area contributed by atoms with Gasteiger partial charge in [-0.25, -0.2) is 0 Å². The molecule has 0 rings (SSSR count). The van der Waals surface area contributed by atoms with Crippen LogP contribution in [-0.4, -0.2) is 41.7 Å². The van der Waals surface area contributed by atoms with E-state index in [-0.39, 0.29) is 30.0 Å². The van der Waals surface area contributed by atoms with Gasteiger partial charge >= 0.3 is 0 Å². The molecular weight excluding hydrogens is 192 g/mol. The molecule has 0 saturated carbocycles. The summed E-state index contributed by atoms with van der Waals surface area (Å²) in [6.45, 7) is 10.3. The second-order valence-corrected chi connectivity index (χ2v) is 3.94. The first-order valence-electron chi connectivity index (χ1n) is 5.27. The first-order valence-corrected chi connectivity index (χ1v) is 5.27. The van der Waals surface area contributed by atoms with E-state index in [1.54, 1.807) is 4.90 Å². The van der Waals surface area contributed by atoms with Gasteiger partial charge in [0.05, 0.1) is 6.61 Å². The van der Waals surface area contributed by atoms with Crippen LogP contribution in [0.5, 0.6) is 0 Å². The van der Waals surface area contributed by atoms with Crippen LogP contribution in [0.25, 0.3) is 0 Å². The fourth-order valence-corrected chi connectivity index (χ4v) is 1.16. The van der Waals surface area contributed by atoms with Crippen molar-refractivity contribution in [3.63, 3.8) is 0 Å². The van der Waals surface area contributed by atoms with E-state index < -0.39 is 0 Å². The van der Waals surface area contributed by atoms with Crippen LogP contribution in [0.1, 0.15) is 20.8 Å². The summed E-state index contributed by atoms with van der Waals surface area (Å²) in [5, 5.41) is 8.82. The summed E-state index contributed by atoms with van der Waals surface area (Å²) in [6, 6.07) is 0.0502. The predicted molar refractivity (Wildman–Crippen MR) is 61.3 cm³/mol. The quantitative estimate of drug-likeness (QED) is 0.628. The topological polar surface area (TPSA) is 66.6 Å². The van der Waals surface area contributed by atoms with Gasteiger partial charge in [0.25, 0.3) is 5.91 Å². The molecule has 0 aliphatic carbocycles. The van der Waals surface area contributed by atoms with Crippen LogP contribution < -0.4 is 5.73 Å². The lowest BCUT2D eigenvalue weighted by Gasteiger charge is -2.26. The maximum absolute atomic E-state index is 11.7. The minimum atomic E-state index is -0.290. The monoisotopic (exact) mass is 214 g/mol. The second-order valence-electron chi connectivity index (χ2n) is 3.94. The van der Waals surface area contributed by atoms with Gasteiger partial charge in [0.15, 0.2) is 0 Å². The van der Waals surface area contributed by atoms with Crippen molar-refractivity contribution in [3.8, 4) is 0 Å². The molecule has 0 aromatic rings. The van der Waals surface area contributed by atoms with Crippen LogP contribution in [0, 0.1) is 5.92 Å². The van der Waals surface area contributed by atoms with Gasteiger partial charge in [-0.2, -0.15) is 0 Å². The fourth-order valence-electron chi connectivity index (χ4n) is 1.16. The van der Waals surface area contributed by atoms with E-state index in [1.807, 2.05) is 20.8 Å². The zero-order chi connectivity index (χ0) is 12.0. The zero-order valence-electron chi connectivity index (χ0n) is 9.86. The SMILES string of the molecule is C=C(CO)C(=O)N(CC)CC(C)[C@H](C)N. The molecule has 2 atom stereocenters. The Bertz CT molecular complexity index is 227. The summed E-state index contributed by atoms with van der Waals surface area (Å²) >= 11 is 0. The third-order valence-corrected chi connectivity index (χ3v) is 2.57. The van der Waals surface area contributed by atoms with Gasteiger partial charge in [0, 0.05) is 24.7 Å². The number of likely N-dealkylation sites (N-methyl/N-ethyl adjacent to an activating group) is 1. The standard InChI is InChI=1S/C11H22N2O2/c1-5-13(6-8(2)10(4)12)11(15)9(3)7-14/h8,10,14H,3,5-7,12H2,1-2,4H3/t8?,10-/m0/s1. The summed E-state index contributed by atoms with van der Waals surface area (Å²) in [6.07, 6.45) is 0. The number of nitrogens with two attached hydrogens (primary N) is 1. The first-order chi connectivity index (χ1) is 6.93. The molecular formula is C11H22N2O2. The summed E-state index contributed by atoms with van der Waals surface area (Å²) in [5.41, 5.74) is 5.97. The van der Waals surface area contributed by atoms with E-state index in [4.69, 9.17) is 10.8 Å². The van der Waals surface area contributed by atoms with E-state index in [2.05, 4.69) is 6.58 Å². The number of aliphatic hydroxyl groups excluding tert-OH is 1. The number of aliphatic hydroxyl groups is 1. The lowest BCUT2D eigenvalue weighted by molar-refractivity contribution is -0.128. The van der Waals surface area contributed by atoms with Crippen molar-refractivity contribution in [1.82, 2.24) is 4.90 Å². The van der Waals surface area contributed by atoms with Gasteiger partial charge in [-0.3, -0.25) is 4.79 Å². The smallest absolute Gasteiger partial charge is 0.251 e. The fraction of sp³-hybridized carbons (Fsp3) is 0.727. The molecule has 0 spiro atoms. The average Bonchev–Trinajstić information content (AvgIpc) is 2.23. The van der Waals surface area contributed by atoms with Gasteiger partial charge in [0.2, 0.25) is 0 Å². The van der Waals surface area contributed by atoms with Crippen LogP contribution in [0.15, 0.2) is 12.2 Å². The molecule has 0 aliphatic heterocycles. The molecule has 1 unspecified atom stereocenters. The Morgan fingerprint density at radius 2 is 2.07 bits per heavy atom.